The fourth-order valence-electron chi connectivity index (χ4n) is 2.69. The fraction of sp³-hybridized carbons (Fsp3) is 0.562. The molecule has 1 saturated heterocycles. The molecule has 1 fully saturated rings. The van der Waals surface area contributed by atoms with E-state index in [-0.39, 0.29) is 11.4 Å². The molecule has 7 nitrogen and oxygen atoms in total. The van der Waals surface area contributed by atoms with Crippen molar-refractivity contribution >= 4 is 28.2 Å². The molecule has 1 aliphatic heterocycles. The molecule has 0 spiro atoms. The number of hydrogen-bond acceptors (Lipinski definition) is 6. The summed E-state index contributed by atoms with van der Waals surface area (Å²) in [5.74, 6) is 1.16. The molecule has 0 radical (unpaired) electrons. The molecule has 0 bridgehead atoms. The third-order valence-corrected chi connectivity index (χ3v) is 4.74. The van der Waals surface area contributed by atoms with Gasteiger partial charge in [-0.3, -0.25) is 9.89 Å². The van der Waals surface area contributed by atoms with E-state index in [9.17, 15) is 4.79 Å². The van der Waals surface area contributed by atoms with Crippen LogP contribution in [0.2, 0.25) is 0 Å². The van der Waals surface area contributed by atoms with Gasteiger partial charge in [-0.2, -0.15) is 5.10 Å². The summed E-state index contributed by atoms with van der Waals surface area (Å²) in [4.78, 5) is 17.0. The van der Waals surface area contributed by atoms with E-state index in [2.05, 4.69) is 31.1 Å². The summed E-state index contributed by atoms with van der Waals surface area (Å²) in [6.45, 7) is 7.96. The molecular formula is C16H24N6OS. The maximum Gasteiger partial charge on any atom is 0.263 e. The van der Waals surface area contributed by atoms with Crippen LogP contribution in [0.1, 0.15) is 54.9 Å². The van der Waals surface area contributed by atoms with Gasteiger partial charge < -0.3 is 16.0 Å². The minimum atomic E-state index is -0.263. The predicted octanol–water partition coefficient (Wildman–Crippen LogP) is 2.61. The Hall–Kier alpha value is -1.93. The van der Waals surface area contributed by atoms with Gasteiger partial charge in [-0.1, -0.05) is 11.3 Å². The Kier molecular flexibility index (Phi) is 4.86. The summed E-state index contributed by atoms with van der Waals surface area (Å²) in [6.07, 6.45) is 3.83. The molecule has 0 aromatic carbocycles. The van der Waals surface area contributed by atoms with Crippen molar-refractivity contribution in [3.05, 3.63) is 22.8 Å². The number of amides is 1. The number of piperidine rings is 1. The Balaban J connectivity index is 1.62. The van der Waals surface area contributed by atoms with Crippen LogP contribution in [0, 0.1) is 0 Å². The average Bonchev–Trinajstić information content (AvgIpc) is 3.16. The second kappa shape index (κ2) is 6.90. The van der Waals surface area contributed by atoms with Crippen molar-refractivity contribution in [2.75, 3.05) is 18.4 Å². The van der Waals surface area contributed by atoms with E-state index in [4.69, 9.17) is 0 Å². The Labute approximate surface area is 145 Å². The van der Waals surface area contributed by atoms with E-state index in [1.165, 1.54) is 11.3 Å². The molecule has 0 aliphatic carbocycles. The number of rotatable bonds is 4. The van der Waals surface area contributed by atoms with Gasteiger partial charge in [0, 0.05) is 23.2 Å². The molecule has 130 valence electrons. The molecule has 3 heterocycles. The van der Waals surface area contributed by atoms with Crippen LogP contribution in [-0.4, -0.2) is 39.7 Å². The number of nitrogens with one attached hydrogen (secondary N) is 4. The number of thiazole rings is 1. The van der Waals surface area contributed by atoms with Gasteiger partial charge in [0.15, 0.2) is 10.9 Å². The van der Waals surface area contributed by atoms with Crippen LogP contribution in [0.3, 0.4) is 0 Å². The van der Waals surface area contributed by atoms with E-state index >= 15 is 0 Å². The van der Waals surface area contributed by atoms with Crippen molar-refractivity contribution in [3.63, 3.8) is 0 Å². The fourth-order valence-corrected chi connectivity index (χ4v) is 3.41. The summed E-state index contributed by atoms with van der Waals surface area (Å²) >= 11 is 1.32. The number of H-pyrrole nitrogens is 1. The first-order valence-corrected chi connectivity index (χ1v) is 9.04. The quantitative estimate of drug-likeness (QED) is 0.681. The topological polar surface area (TPSA) is 94.7 Å². The van der Waals surface area contributed by atoms with Gasteiger partial charge in [-0.15, -0.1) is 0 Å². The molecule has 0 atom stereocenters. The lowest BCUT2D eigenvalue weighted by atomic mass is 9.95. The molecule has 1 amide bonds. The van der Waals surface area contributed by atoms with E-state index in [1.807, 2.05) is 26.8 Å². The second-order valence-electron chi connectivity index (χ2n) is 7.09. The van der Waals surface area contributed by atoms with Crippen molar-refractivity contribution in [2.45, 2.75) is 45.1 Å². The van der Waals surface area contributed by atoms with Crippen LogP contribution in [0.25, 0.3) is 0 Å². The van der Waals surface area contributed by atoms with Crippen molar-refractivity contribution < 1.29 is 4.79 Å². The number of hydrogen-bond donors (Lipinski definition) is 4. The first kappa shape index (κ1) is 16.9. The van der Waals surface area contributed by atoms with E-state index in [1.54, 1.807) is 6.20 Å². The zero-order chi connectivity index (χ0) is 17.2. The SMILES string of the molecule is CC(C)(C)NC(=O)c1cnc(Nc2cc(C3CCNCC3)[nH]n2)s1. The molecule has 0 saturated carbocycles. The van der Waals surface area contributed by atoms with Gasteiger partial charge in [0.1, 0.15) is 4.88 Å². The number of carbonyl (C=O) groups is 1. The van der Waals surface area contributed by atoms with Gasteiger partial charge in [0.05, 0.1) is 6.20 Å². The first-order chi connectivity index (χ1) is 11.4. The van der Waals surface area contributed by atoms with Crippen molar-refractivity contribution in [3.8, 4) is 0 Å². The number of carbonyl (C=O) groups excluding carboxylic acids is 1. The Bertz CT molecular complexity index is 695. The lowest BCUT2D eigenvalue weighted by Crippen LogP contribution is -2.40. The number of anilines is 2. The lowest BCUT2D eigenvalue weighted by Gasteiger charge is -2.20. The Morgan fingerprint density at radius 1 is 1.33 bits per heavy atom. The van der Waals surface area contributed by atoms with E-state index < -0.39 is 0 Å². The third-order valence-electron chi connectivity index (χ3n) is 3.83. The highest BCUT2D eigenvalue weighted by Crippen LogP contribution is 2.27. The molecule has 2 aromatic heterocycles. The highest BCUT2D eigenvalue weighted by atomic mass is 32.1. The molecule has 0 unspecified atom stereocenters. The van der Waals surface area contributed by atoms with Crippen molar-refractivity contribution in [1.29, 1.82) is 0 Å². The average molecular weight is 348 g/mol. The van der Waals surface area contributed by atoms with Gasteiger partial charge in [-0.25, -0.2) is 4.98 Å². The second-order valence-corrected chi connectivity index (χ2v) is 8.12. The summed E-state index contributed by atoms with van der Waals surface area (Å²) in [5, 5.41) is 17.6. The van der Waals surface area contributed by atoms with Crippen LogP contribution in [0.5, 0.6) is 0 Å². The molecular weight excluding hydrogens is 324 g/mol. The minimum Gasteiger partial charge on any atom is -0.347 e. The molecule has 1 aliphatic rings. The largest absolute Gasteiger partial charge is 0.347 e. The predicted molar refractivity (Wildman–Crippen MR) is 96.0 cm³/mol. The van der Waals surface area contributed by atoms with Gasteiger partial charge in [0.25, 0.3) is 5.91 Å². The van der Waals surface area contributed by atoms with Crippen LogP contribution >= 0.6 is 11.3 Å². The van der Waals surface area contributed by atoms with Gasteiger partial charge >= 0.3 is 0 Å². The maximum atomic E-state index is 12.1. The molecule has 8 heteroatoms. The van der Waals surface area contributed by atoms with E-state index in [0.717, 1.165) is 37.4 Å². The van der Waals surface area contributed by atoms with E-state index in [0.29, 0.717) is 15.9 Å². The third kappa shape index (κ3) is 4.33. The summed E-state index contributed by atoms with van der Waals surface area (Å²) in [6, 6.07) is 2.03. The number of aromatic nitrogens is 3. The van der Waals surface area contributed by atoms with Crippen LogP contribution in [0.4, 0.5) is 10.9 Å². The van der Waals surface area contributed by atoms with Crippen molar-refractivity contribution in [1.82, 2.24) is 25.8 Å². The maximum absolute atomic E-state index is 12.1. The summed E-state index contributed by atoms with van der Waals surface area (Å²) in [5.41, 5.74) is 0.891. The van der Waals surface area contributed by atoms with Crippen LogP contribution in [-0.2, 0) is 0 Å². The van der Waals surface area contributed by atoms with Crippen molar-refractivity contribution in [2.24, 2.45) is 0 Å². The monoisotopic (exact) mass is 348 g/mol. The molecule has 3 rings (SSSR count). The van der Waals surface area contributed by atoms with Crippen LogP contribution in [0.15, 0.2) is 12.3 Å². The summed E-state index contributed by atoms with van der Waals surface area (Å²) in [7, 11) is 0. The standard InChI is InChI=1S/C16H24N6OS/c1-16(2,3)20-14(23)12-9-18-15(24-12)19-13-8-11(21-22-13)10-4-6-17-7-5-10/h8-10,17H,4-7H2,1-3H3,(H,20,23)(H2,18,19,21,22). The number of aromatic amines is 1. The molecule has 2 aromatic rings. The Morgan fingerprint density at radius 3 is 2.79 bits per heavy atom. The minimum absolute atomic E-state index is 0.106. The number of nitrogens with zero attached hydrogens (tertiary/aromatic N) is 2. The van der Waals surface area contributed by atoms with Crippen LogP contribution < -0.4 is 16.0 Å². The molecule has 4 N–H and O–H groups in total. The normalized spacial score (nSPS) is 16.1. The zero-order valence-electron chi connectivity index (χ0n) is 14.3. The highest BCUT2D eigenvalue weighted by molar-refractivity contribution is 7.17. The highest BCUT2D eigenvalue weighted by Gasteiger charge is 2.19. The first-order valence-electron chi connectivity index (χ1n) is 8.22. The lowest BCUT2D eigenvalue weighted by molar-refractivity contribution is 0.0923. The summed E-state index contributed by atoms with van der Waals surface area (Å²) < 4.78 is 0. The molecule has 24 heavy (non-hydrogen) atoms. The van der Waals surface area contributed by atoms with Gasteiger partial charge in [0.2, 0.25) is 0 Å². The smallest absolute Gasteiger partial charge is 0.263 e. The van der Waals surface area contributed by atoms with Gasteiger partial charge in [-0.05, 0) is 46.7 Å². The Morgan fingerprint density at radius 2 is 2.08 bits per heavy atom. The zero-order valence-corrected chi connectivity index (χ0v) is 15.1.